The minimum Gasteiger partial charge on any atom is -0.339 e. The lowest BCUT2D eigenvalue weighted by Gasteiger charge is -2.32. The second-order valence-electron chi connectivity index (χ2n) is 8.76. The number of amides is 1. The Kier molecular flexibility index (Phi) is 5.73. The van der Waals surface area contributed by atoms with Gasteiger partial charge in [-0.15, -0.1) is 0 Å². The standard InChI is InChI=1S/C24H28N4O3S/c29-24(20-7-9-21(10-8-20)32(30,31)28-13-3-4-14-28)26-15-11-19(12-16-26)17-27-18-25-22-5-1-2-6-23(22)27/h1-2,5-10,18-19H,3-4,11-17H2. The molecular weight excluding hydrogens is 424 g/mol. The van der Waals surface area contributed by atoms with Crippen molar-refractivity contribution in [2.45, 2.75) is 37.1 Å². The third-order valence-corrected chi connectivity index (χ3v) is 8.60. The fraction of sp³-hybridized carbons (Fsp3) is 0.417. The molecule has 1 aromatic heterocycles. The molecule has 0 saturated carbocycles. The molecule has 2 saturated heterocycles. The van der Waals surface area contributed by atoms with E-state index in [1.807, 2.05) is 29.4 Å². The van der Waals surface area contributed by atoms with Crippen molar-refractivity contribution in [2.24, 2.45) is 5.92 Å². The Morgan fingerprint density at radius 1 is 0.938 bits per heavy atom. The number of hydrogen-bond donors (Lipinski definition) is 0. The topological polar surface area (TPSA) is 75.5 Å². The maximum absolute atomic E-state index is 13.0. The maximum atomic E-state index is 13.0. The van der Waals surface area contributed by atoms with Gasteiger partial charge in [-0.1, -0.05) is 12.1 Å². The fourth-order valence-electron chi connectivity index (χ4n) is 4.78. The molecule has 2 aliphatic heterocycles. The maximum Gasteiger partial charge on any atom is 0.253 e. The van der Waals surface area contributed by atoms with Crippen molar-refractivity contribution in [3.8, 4) is 0 Å². The van der Waals surface area contributed by atoms with Crippen LogP contribution in [-0.2, 0) is 16.6 Å². The monoisotopic (exact) mass is 452 g/mol. The molecule has 0 atom stereocenters. The van der Waals surface area contributed by atoms with Gasteiger partial charge in [0.25, 0.3) is 5.91 Å². The van der Waals surface area contributed by atoms with E-state index in [1.54, 1.807) is 24.3 Å². The number of para-hydroxylation sites is 2. The normalized spacial score (nSPS) is 18.4. The molecule has 7 nitrogen and oxygen atoms in total. The average Bonchev–Trinajstić information content (AvgIpc) is 3.51. The zero-order chi connectivity index (χ0) is 22.1. The van der Waals surface area contributed by atoms with Crippen LogP contribution in [0, 0.1) is 5.92 Å². The van der Waals surface area contributed by atoms with Crippen LogP contribution in [0.3, 0.4) is 0 Å². The second-order valence-corrected chi connectivity index (χ2v) is 10.7. The Balaban J connectivity index is 1.20. The fourth-order valence-corrected chi connectivity index (χ4v) is 6.30. The number of imidazole rings is 1. The van der Waals surface area contributed by atoms with E-state index in [0.717, 1.165) is 43.3 Å². The summed E-state index contributed by atoms with van der Waals surface area (Å²) in [6.07, 6.45) is 5.60. The highest BCUT2D eigenvalue weighted by atomic mass is 32.2. The molecule has 0 unspecified atom stereocenters. The third-order valence-electron chi connectivity index (χ3n) is 6.69. The van der Waals surface area contributed by atoms with Gasteiger partial charge in [-0.25, -0.2) is 13.4 Å². The average molecular weight is 453 g/mol. The Morgan fingerprint density at radius 3 is 2.34 bits per heavy atom. The van der Waals surface area contributed by atoms with Gasteiger partial charge in [-0.05, 0) is 68.0 Å². The van der Waals surface area contributed by atoms with E-state index in [0.29, 0.717) is 37.7 Å². The predicted octanol–water partition coefficient (Wildman–Crippen LogP) is 3.37. The molecule has 3 aromatic rings. The molecule has 0 bridgehead atoms. The van der Waals surface area contributed by atoms with Gasteiger partial charge in [0, 0.05) is 38.3 Å². The molecule has 0 N–H and O–H groups in total. The van der Waals surface area contributed by atoms with Gasteiger partial charge < -0.3 is 9.47 Å². The van der Waals surface area contributed by atoms with Crippen LogP contribution in [0.25, 0.3) is 11.0 Å². The molecule has 0 radical (unpaired) electrons. The number of carbonyl (C=O) groups is 1. The summed E-state index contributed by atoms with van der Waals surface area (Å²) in [6.45, 7) is 3.49. The highest BCUT2D eigenvalue weighted by Crippen LogP contribution is 2.24. The van der Waals surface area contributed by atoms with Gasteiger partial charge >= 0.3 is 0 Å². The number of likely N-dealkylation sites (tertiary alicyclic amines) is 1. The van der Waals surface area contributed by atoms with Crippen LogP contribution in [0.15, 0.2) is 59.8 Å². The molecule has 0 spiro atoms. The minimum absolute atomic E-state index is 0.0262. The molecule has 0 aliphatic carbocycles. The Hall–Kier alpha value is -2.71. The smallest absolute Gasteiger partial charge is 0.253 e. The summed E-state index contributed by atoms with van der Waals surface area (Å²) in [6, 6.07) is 14.6. The van der Waals surface area contributed by atoms with Crippen LogP contribution in [0.1, 0.15) is 36.0 Å². The van der Waals surface area contributed by atoms with E-state index in [-0.39, 0.29) is 10.8 Å². The number of rotatable bonds is 5. The van der Waals surface area contributed by atoms with Crippen LogP contribution in [-0.4, -0.2) is 59.3 Å². The number of benzene rings is 2. The number of nitrogens with zero attached hydrogens (tertiary/aromatic N) is 4. The molecule has 32 heavy (non-hydrogen) atoms. The lowest BCUT2D eigenvalue weighted by atomic mass is 9.96. The molecular formula is C24H28N4O3S. The van der Waals surface area contributed by atoms with Crippen LogP contribution in [0.2, 0.25) is 0 Å². The Morgan fingerprint density at radius 2 is 1.62 bits per heavy atom. The lowest BCUT2D eigenvalue weighted by Crippen LogP contribution is -2.39. The highest BCUT2D eigenvalue weighted by Gasteiger charge is 2.28. The quantitative estimate of drug-likeness (QED) is 0.595. The summed E-state index contributed by atoms with van der Waals surface area (Å²) in [4.78, 5) is 19.6. The summed E-state index contributed by atoms with van der Waals surface area (Å²) in [5.74, 6) is 0.478. The first-order valence-corrected chi connectivity index (χ1v) is 12.8. The number of piperidine rings is 1. The molecule has 1 amide bonds. The number of aromatic nitrogens is 2. The Labute approximate surface area is 188 Å². The largest absolute Gasteiger partial charge is 0.339 e. The summed E-state index contributed by atoms with van der Waals surface area (Å²) < 4.78 is 29.1. The zero-order valence-corrected chi connectivity index (χ0v) is 18.9. The van der Waals surface area contributed by atoms with Crippen molar-refractivity contribution < 1.29 is 13.2 Å². The molecule has 5 rings (SSSR count). The SMILES string of the molecule is O=C(c1ccc(S(=O)(=O)N2CCCC2)cc1)N1CCC(Cn2cnc3ccccc32)CC1. The third kappa shape index (κ3) is 4.04. The second kappa shape index (κ2) is 8.67. The number of sulfonamides is 1. The summed E-state index contributed by atoms with van der Waals surface area (Å²) in [5.41, 5.74) is 2.70. The highest BCUT2D eigenvalue weighted by molar-refractivity contribution is 7.89. The van der Waals surface area contributed by atoms with Gasteiger partial charge in [-0.2, -0.15) is 4.31 Å². The number of hydrogen-bond acceptors (Lipinski definition) is 4. The van der Waals surface area contributed by atoms with E-state index >= 15 is 0 Å². The van der Waals surface area contributed by atoms with E-state index < -0.39 is 10.0 Å². The molecule has 8 heteroatoms. The van der Waals surface area contributed by atoms with Gasteiger partial charge in [-0.3, -0.25) is 4.79 Å². The minimum atomic E-state index is -3.45. The van der Waals surface area contributed by atoms with Crippen molar-refractivity contribution in [3.63, 3.8) is 0 Å². The van der Waals surface area contributed by atoms with E-state index in [4.69, 9.17) is 0 Å². The first kappa shape index (κ1) is 21.2. The van der Waals surface area contributed by atoms with Crippen LogP contribution >= 0.6 is 0 Å². The van der Waals surface area contributed by atoms with E-state index in [2.05, 4.69) is 15.6 Å². The van der Waals surface area contributed by atoms with Gasteiger partial charge in [0.15, 0.2) is 0 Å². The van der Waals surface area contributed by atoms with Crippen molar-refractivity contribution in [2.75, 3.05) is 26.2 Å². The van der Waals surface area contributed by atoms with Crippen molar-refractivity contribution in [3.05, 3.63) is 60.4 Å². The van der Waals surface area contributed by atoms with Crippen LogP contribution in [0.5, 0.6) is 0 Å². The van der Waals surface area contributed by atoms with Crippen molar-refractivity contribution in [1.29, 1.82) is 0 Å². The molecule has 3 heterocycles. The van der Waals surface area contributed by atoms with E-state index in [1.165, 1.54) is 4.31 Å². The Bertz CT molecular complexity index is 1210. The van der Waals surface area contributed by atoms with Gasteiger partial charge in [0.2, 0.25) is 10.0 Å². The molecule has 168 valence electrons. The summed E-state index contributed by atoms with van der Waals surface area (Å²) >= 11 is 0. The lowest BCUT2D eigenvalue weighted by molar-refractivity contribution is 0.0683. The predicted molar refractivity (Wildman–Crippen MR) is 123 cm³/mol. The van der Waals surface area contributed by atoms with Crippen molar-refractivity contribution >= 4 is 27.0 Å². The number of carbonyl (C=O) groups excluding carboxylic acids is 1. The van der Waals surface area contributed by atoms with Gasteiger partial charge in [0.05, 0.1) is 22.3 Å². The van der Waals surface area contributed by atoms with Crippen molar-refractivity contribution in [1.82, 2.24) is 18.8 Å². The molecule has 2 fully saturated rings. The first-order chi connectivity index (χ1) is 15.5. The van der Waals surface area contributed by atoms with Crippen LogP contribution < -0.4 is 0 Å². The first-order valence-electron chi connectivity index (χ1n) is 11.3. The molecule has 2 aliphatic rings. The van der Waals surface area contributed by atoms with Crippen LogP contribution in [0.4, 0.5) is 0 Å². The summed E-state index contributed by atoms with van der Waals surface area (Å²) in [5, 5.41) is 0. The number of fused-ring (bicyclic) bond motifs is 1. The zero-order valence-electron chi connectivity index (χ0n) is 18.1. The van der Waals surface area contributed by atoms with E-state index in [9.17, 15) is 13.2 Å². The summed E-state index contributed by atoms with van der Waals surface area (Å²) in [7, 11) is -3.45. The molecule has 2 aromatic carbocycles. The van der Waals surface area contributed by atoms with Gasteiger partial charge in [0.1, 0.15) is 0 Å².